The fourth-order valence-corrected chi connectivity index (χ4v) is 0. The van der Waals surface area contributed by atoms with Gasteiger partial charge in [-0.05, 0) is 6.92 Å². The summed E-state index contributed by atoms with van der Waals surface area (Å²) in [6.07, 6.45) is 0. The molecule has 0 aliphatic rings. The molecule has 54 valence electrons. The molecule has 0 aliphatic carbocycles. The molecule has 0 aromatic rings. The quantitative estimate of drug-likeness (QED) is 0.502. The Morgan fingerprint density at radius 2 is 1.62 bits per heavy atom. The second-order valence-corrected chi connectivity index (χ2v) is 2.58. The molecule has 0 bridgehead atoms. The molecule has 2 nitrogen and oxygen atoms in total. The fourth-order valence-electron chi connectivity index (χ4n) is 0. The summed E-state index contributed by atoms with van der Waals surface area (Å²) in [6, 6.07) is 0. The summed E-state index contributed by atoms with van der Waals surface area (Å²) in [6.45, 7) is 6.96. The Hall–Kier alpha value is 0.617. The standard InChI is InChI=1S/C2H7NO.C2H8Si.BrH/c1-2-4-3;1-3-2;/h2-3H2,1H3;3H2,1-2H3;1H. The Morgan fingerprint density at radius 1 is 1.50 bits per heavy atom. The van der Waals surface area contributed by atoms with Gasteiger partial charge in [0.15, 0.2) is 0 Å². The van der Waals surface area contributed by atoms with E-state index < -0.39 is 0 Å². The van der Waals surface area contributed by atoms with Gasteiger partial charge >= 0.3 is 0 Å². The van der Waals surface area contributed by atoms with E-state index in [1.807, 2.05) is 6.92 Å². The maximum Gasteiger partial charge on any atom is 0.0651 e. The highest BCUT2D eigenvalue weighted by Crippen LogP contribution is 1.46. The topological polar surface area (TPSA) is 35.2 Å². The van der Waals surface area contributed by atoms with Crippen molar-refractivity contribution in [3.05, 3.63) is 0 Å². The van der Waals surface area contributed by atoms with Gasteiger partial charge in [-0.15, -0.1) is 17.0 Å². The summed E-state index contributed by atoms with van der Waals surface area (Å²) in [5, 5.41) is 0. The first kappa shape index (κ1) is 15.8. The maximum absolute atomic E-state index is 4.53. The Balaban J connectivity index is -0.0000000575. The molecule has 0 aromatic carbocycles. The van der Waals surface area contributed by atoms with Crippen LogP contribution in [-0.4, -0.2) is 16.1 Å². The number of nitrogens with two attached hydrogens (primary N) is 1. The molecule has 0 heterocycles. The SMILES string of the molecule is Br.CCON.C[SiH2]C. The second-order valence-electron chi connectivity index (χ2n) is 1.16. The zero-order valence-electron chi connectivity index (χ0n) is 5.81. The van der Waals surface area contributed by atoms with Gasteiger partial charge in [0.2, 0.25) is 0 Å². The Kier molecular flexibility index (Phi) is 50.5. The van der Waals surface area contributed by atoms with E-state index in [0.717, 1.165) is 0 Å². The van der Waals surface area contributed by atoms with Gasteiger partial charge in [0, 0.05) is 9.52 Å². The Labute approximate surface area is 64.3 Å². The summed E-state index contributed by atoms with van der Waals surface area (Å²) >= 11 is 0. The Morgan fingerprint density at radius 3 is 1.62 bits per heavy atom. The van der Waals surface area contributed by atoms with Crippen LogP contribution in [-0.2, 0) is 4.84 Å². The molecule has 0 aromatic heterocycles. The zero-order chi connectivity index (χ0) is 6.12. The van der Waals surface area contributed by atoms with Crippen LogP contribution in [0.25, 0.3) is 0 Å². The lowest BCUT2D eigenvalue weighted by Gasteiger charge is -1.76. The lowest BCUT2D eigenvalue weighted by molar-refractivity contribution is 0.152. The first-order chi connectivity index (χ1) is 3.33. The van der Waals surface area contributed by atoms with Gasteiger partial charge < -0.3 is 4.84 Å². The zero-order valence-corrected chi connectivity index (χ0v) is 8.94. The van der Waals surface area contributed by atoms with Crippen LogP contribution in [0.1, 0.15) is 6.92 Å². The van der Waals surface area contributed by atoms with Crippen molar-refractivity contribution in [2.75, 3.05) is 6.61 Å². The minimum atomic E-state index is 0. The van der Waals surface area contributed by atoms with Crippen molar-refractivity contribution in [3.8, 4) is 0 Å². The predicted octanol–water partition coefficient (Wildman–Crippen LogP) is 0.726. The van der Waals surface area contributed by atoms with Gasteiger partial charge in [-0.1, -0.05) is 13.1 Å². The van der Waals surface area contributed by atoms with E-state index >= 15 is 0 Å². The van der Waals surface area contributed by atoms with Crippen molar-refractivity contribution >= 4 is 26.5 Å². The molecule has 0 saturated carbocycles. The first-order valence-electron chi connectivity index (χ1n) is 2.65. The molecule has 0 spiro atoms. The van der Waals surface area contributed by atoms with Gasteiger partial charge in [0.05, 0.1) is 6.61 Å². The fraction of sp³-hybridized carbons (Fsp3) is 1.00. The maximum atomic E-state index is 4.53. The summed E-state index contributed by atoms with van der Waals surface area (Å²) in [5.41, 5.74) is 0. The highest BCUT2D eigenvalue weighted by molar-refractivity contribution is 8.93. The molecular formula is C4H16BrNOSi. The van der Waals surface area contributed by atoms with Gasteiger partial charge in [0.1, 0.15) is 0 Å². The minimum Gasteiger partial charge on any atom is -0.305 e. The summed E-state index contributed by atoms with van der Waals surface area (Å²) in [5.74, 6) is 4.53. The molecule has 2 N–H and O–H groups in total. The van der Waals surface area contributed by atoms with E-state index in [1.165, 1.54) is 0 Å². The normalized spacial score (nSPS) is 6.00. The number of halogens is 1. The lowest BCUT2D eigenvalue weighted by Crippen LogP contribution is -1.94. The number of rotatable bonds is 1. The molecule has 0 unspecified atom stereocenters. The van der Waals surface area contributed by atoms with Crippen molar-refractivity contribution in [2.24, 2.45) is 5.90 Å². The van der Waals surface area contributed by atoms with Crippen LogP contribution >= 0.6 is 17.0 Å². The van der Waals surface area contributed by atoms with Crippen LogP contribution in [0.3, 0.4) is 0 Å². The van der Waals surface area contributed by atoms with E-state index in [-0.39, 0.29) is 17.0 Å². The minimum absolute atomic E-state index is 0. The highest BCUT2D eigenvalue weighted by atomic mass is 79.9. The second kappa shape index (κ2) is 25.5. The van der Waals surface area contributed by atoms with Crippen molar-refractivity contribution in [3.63, 3.8) is 0 Å². The Bertz CT molecular complexity index is 23.5. The molecule has 0 aliphatic heterocycles. The van der Waals surface area contributed by atoms with E-state index in [9.17, 15) is 0 Å². The molecule has 8 heavy (non-hydrogen) atoms. The third kappa shape index (κ3) is 79.9. The van der Waals surface area contributed by atoms with Crippen LogP contribution < -0.4 is 5.90 Å². The van der Waals surface area contributed by atoms with Gasteiger partial charge in [-0.2, -0.15) is 0 Å². The van der Waals surface area contributed by atoms with Crippen molar-refractivity contribution in [2.45, 2.75) is 20.0 Å². The van der Waals surface area contributed by atoms with Crippen LogP contribution in [0.4, 0.5) is 0 Å². The van der Waals surface area contributed by atoms with Crippen molar-refractivity contribution in [1.82, 2.24) is 0 Å². The molecule has 0 fully saturated rings. The van der Waals surface area contributed by atoms with Crippen LogP contribution in [0.2, 0.25) is 13.1 Å². The van der Waals surface area contributed by atoms with Crippen LogP contribution in [0, 0.1) is 0 Å². The molecular weight excluding hydrogens is 186 g/mol. The smallest absolute Gasteiger partial charge is 0.0651 e. The molecule has 0 saturated heterocycles. The predicted molar refractivity (Wildman–Crippen MR) is 46.4 cm³/mol. The molecule has 0 atom stereocenters. The number of hydrogen-bond donors (Lipinski definition) is 1. The van der Waals surface area contributed by atoms with Gasteiger partial charge in [-0.3, -0.25) is 0 Å². The van der Waals surface area contributed by atoms with E-state index in [4.69, 9.17) is 0 Å². The average Bonchev–Trinajstić information content (AvgIpc) is 1.69. The lowest BCUT2D eigenvalue weighted by atomic mass is 10.9. The molecule has 0 rings (SSSR count). The first-order valence-corrected chi connectivity index (χ1v) is 5.47. The third-order valence-corrected chi connectivity index (χ3v) is 0.167. The van der Waals surface area contributed by atoms with Crippen molar-refractivity contribution in [1.29, 1.82) is 0 Å². The van der Waals surface area contributed by atoms with E-state index in [1.54, 1.807) is 0 Å². The van der Waals surface area contributed by atoms with E-state index in [0.29, 0.717) is 16.1 Å². The van der Waals surface area contributed by atoms with Gasteiger partial charge in [0.25, 0.3) is 0 Å². The molecule has 4 heteroatoms. The van der Waals surface area contributed by atoms with Crippen LogP contribution in [0.5, 0.6) is 0 Å². The van der Waals surface area contributed by atoms with Crippen LogP contribution in [0.15, 0.2) is 0 Å². The average molecular weight is 202 g/mol. The summed E-state index contributed by atoms with van der Waals surface area (Å²) in [7, 11) is 0.417. The summed E-state index contributed by atoms with van der Waals surface area (Å²) < 4.78 is 0. The van der Waals surface area contributed by atoms with Crippen molar-refractivity contribution < 1.29 is 4.84 Å². The monoisotopic (exact) mass is 201 g/mol. The highest BCUT2D eigenvalue weighted by Gasteiger charge is 1.52. The molecule has 0 amide bonds. The van der Waals surface area contributed by atoms with Gasteiger partial charge in [-0.25, -0.2) is 5.90 Å². The molecule has 0 radical (unpaired) electrons. The summed E-state index contributed by atoms with van der Waals surface area (Å²) in [4.78, 5) is 4.04. The third-order valence-electron chi connectivity index (χ3n) is 0.167. The largest absolute Gasteiger partial charge is 0.305 e. The van der Waals surface area contributed by atoms with E-state index in [2.05, 4.69) is 23.8 Å². The number of hydrogen-bond acceptors (Lipinski definition) is 2.